The fourth-order valence-corrected chi connectivity index (χ4v) is 4.66. The summed E-state index contributed by atoms with van der Waals surface area (Å²) in [6.07, 6.45) is 0. The van der Waals surface area contributed by atoms with Crippen LogP contribution in [0.15, 0.2) is 71.6 Å². The lowest BCUT2D eigenvalue weighted by atomic mass is 10.1. The topological polar surface area (TPSA) is 84.9 Å². The van der Waals surface area contributed by atoms with Gasteiger partial charge in [0.1, 0.15) is 6.54 Å². The van der Waals surface area contributed by atoms with Gasteiger partial charge in [0.2, 0.25) is 5.91 Å². The highest BCUT2D eigenvalue weighted by Crippen LogP contribution is 2.32. The molecule has 7 nitrogen and oxygen atoms in total. The Morgan fingerprint density at radius 2 is 1.59 bits per heavy atom. The van der Waals surface area contributed by atoms with Gasteiger partial charge in [0, 0.05) is 11.8 Å². The Morgan fingerprint density at radius 1 is 0.906 bits per heavy atom. The van der Waals surface area contributed by atoms with Gasteiger partial charge in [0.25, 0.3) is 10.0 Å². The van der Waals surface area contributed by atoms with Crippen molar-refractivity contribution in [2.75, 3.05) is 30.4 Å². The van der Waals surface area contributed by atoms with E-state index < -0.39 is 22.5 Å². The molecular weight excluding hydrogens is 428 g/mol. The number of hydrogen-bond donors (Lipinski definition) is 1. The van der Waals surface area contributed by atoms with Crippen LogP contribution in [-0.4, -0.2) is 35.1 Å². The number of rotatable bonds is 8. The molecule has 1 amide bonds. The van der Waals surface area contributed by atoms with Gasteiger partial charge in [-0.2, -0.15) is 0 Å². The second-order valence-electron chi connectivity index (χ2n) is 7.16. The summed E-state index contributed by atoms with van der Waals surface area (Å²) in [6.45, 7) is 3.46. The summed E-state index contributed by atoms with van der Waals surface area (Å²) in [5, 5.41) is 2.83. The molecule has 8 heteroatoms. The molecule has 0 radical (unpaired) electrons. The first kappa shape index (κ1) is 23.1. The van der Waals surface area contributed by atoms with Gasteiger partial charge in [-0.15, -0.1) is 0 Å². The molecule has 0 atom stereocenters. The van der Waals surface area contributed by atoms with E-state index in [1.54, 1.807) is 36.4 Å². The SMILES string of the molecule is COc1ccc(S(=O)(=O)N(CC(=O)Nc2cccc(C)c2C)c2ccccc2)cc1OC. The first-order valence-corrected chi connectivity index (χ1v) is 11.4. The van der Waals surface area contributed by atoms with Gasteiger partial charge in [-0.05, 0) is 55.3 Å². The number of nitrogens with one attached hydrogen (secondary N) is 1. The van der Waals surface area contributed by atoms with E-state index in [4.69, 9.17) is 9.47 Å². The molecular formula is C24H26N2O5S. The van der Waals surface area contributed by atoms with Crippen molar-refractivity contribution in [3.8, 4) is 11.5 Å². The first-order valence-electron chi connectivity index (χ1n) is 9.94. The lowest BCUT2D eigenvalue weighted by Crippen LogP contribution is -2.38. The van der Waals surface area contributed by atoms with Crippen LogP contribution in [-0.2, 0) is 14.8 Å². The van der Waals surface area contributed by atoms with E-state index in [1.807, 2.05) is 26.0 Å². The highest BCUT2D eigenvalue weighted by atomic mass is 32.2. The van der Waals surface area contributed by atoms with Crippen LogP contribution in [0, 0.1) is 13.8 Å². The third-order valence-electron chi connectivity index (χ3n) is 5.15. The molecule has 0 saturated heterocycles. The maximum Gasteiger partial charge on any atom is 0.264 e. The lowest BCUT2D eigenvalue weighted by molar-refractivity contribution is -0.114. The molecule has 0 aliphatic carbocycles. The average molecular weight is 455 g/mol. The molecule has 0 unspecified atom stereocenters. The van der Waals surface area contributed by atoms with Crippen molar-refractivity contribution < 1.29 is 22.7 Å². The number of nitrogens with zero attached hydrogens (tertiary/aromatic N) is 1. The molecule has 32 heavy (non-hydrogen) atoms. The summed E-state index contributed by atoms with van der Waals surface area (Å²) in [4.78, 5) is 12.9. The predicted molar refractivity (Wildman–Crippen MR) is 125 cm³/mol. The molecule has 0 aromatic heterocycles. The van der Waals surface area contributed by atoms with Gasteiger partial charge in [0.15, 0.2) is 11.5 Å². The fraction of sp³-hybridized carbons (Fsp3) is 0.208. The van der Waals surface area contributed by atoms with Crippen molar-refractivity contribution in [2.45, 2.75) is 18.7 Å². The highest BCUT2D eigenvalue weighted by Gasteiger charge is 2.28. The third kappa shape index (κ3) is 4.86. The van der Waals surface area contributed by atoms with Crippen molar-refractivity contribution in [3.05, 3.63) is 77.9 Å². The normalized spacial score (nSPS) is 11.0. The molecule has 0 aliphatic rings. The zero-order valence-electron chi connectivity index (χ0n) is 18.5. The molecule has 3 rings (SSSR count). The lowest BCUT2D eigenvalue weighted by Gasteiger charge is -2.24. The number of carbonyl (C=O) groups is 1. The zero-order valence-corrected chi connectivity index (χ0v) is 19.3. The summed E-state index contributed by atoms with van der Waals surface area (Å²) < 4.78 is 38.7. The van der Waals surface area contributed by atoms with Crippen LogP contribution in [0.3, 0.4) is 0 Å². The monoisotopic (exact) mass is 454 g/mol. The molecule has 3 aromatic rings. The number of anilines is 2. The van der Waals surface area contributed by atoms with Crippen LogP contribution < -0.4 is 19.1 Å². The summed E-state index contributed by atoms with van der Waals surface area (Å²) in [5.74, 6) is 0.235. The Morgan fingerprint density at radius 3 is 2.25 bits per heavy atom. The molecule has 168 valence electrons. The van der Waals surface area contributed by atoms with E-state index in [0.29, 0.717) is 17.1 Å². The Balaban J connectivity index is 1.98. The van der Waals surface area contributed by atoms with Gasteiger partial charge in [0.05, 0.1) is 24.8 Å². The van der Waals surface area contributed by atoms with Crippen LogP contribution >= 0.6 is 0 Å². The van der Waals surface area contributed by atoms with Gasteiger partial charge in [-0.3, -0.25) is 9.10 Å². The van der Waals surface area contributed by atoms with Gasteiger partial charge < -0.3 is 14.8 Å². The maximum absolute atomic E-state index is 13.6. The van der Waals surface area contributed by atoms with E-state index in [0.717, 1.165) is 15.4 Å². The van der Waals surface area contributed by atoms with E-state index in [-0.39, 0.29) is 10.6 Å². The number of amides is 1. The van der Waals surface area contributed by atoms with Crippen molar-refractivity contribution in [1.82, 2.24) is 0 Å². The van der Waals surface area contributed by atoms with Crippen molar-refractivity contribution >= 4 is 27.3 Å². The van der Waals surface area contributed by atoms with E-state index in [1.165, 1.54) is 32.4 Å². The summed E-state index contributed by atoms with van der Waals surface area (Å²) in [7, 11) is -1.18. The number of para-hydroxylation sites is 1. The van der Waals surface area contributed by atoms with Crippen LogP contribution in [0.5, 0.6) is 11.5 Å². The Bertz CT molecular complexity index is 1210. The molecule has 1 N–H and O–H groups in total. The molecule has 0 heterocycles. The van der Waals surface area contributed by atoms with Crippen molar-refractivity contribution in [3.63, 3.8) is 0 Å². The highest BCUT2D eigenvalue weighted by molar-refractivity contribution is 7.92. The van der Waals surface area contributed by atoms with Crippen molar-refractivity contribution in [1.29, 1.82) is 0 Å². The number of hydrogen-bond acceptors (Lipinski definition) is 5. The van der Waals surface area contributed by atoms with Crippen LogP contribution in [0.2, 0.25) is 0 Å². The molecule has 0 spiro atoms. The fourth-order valence-electron chi connectivity index (χ4n) is 3.22. The number of aryl methyl sites for hydroxylation is 1. The van der Waals surface area contributed by atoms with Crippen LogP contribution in [0.1, 0.15) is 11.1 Å². The number of carbonyl (C=O) groups excluding carboxylic acids is 1. The largest absolute Gasteiger partial charge is 0.493 e. The minimum Gasteiger partial charge on any atom is -0.493 e. The maximum atomic E-state index is 13.6. The average Bonchev–Trinajstić information content (AvgIpc) is 2.80. The summed E-state index contributed by atoms with van der Waals surface area (Å²) >= 11 is 0. The van der Waals surface area contributed by atoms with Gasteiger partial charge in [-0.1, -0.05) is 30.3 Å². The van der Waals surface area contributed by atoms with E-state index in [2.05, 4.69) is 5.32 Å². The number of benzene rings is 3. The minimum absolute atomic E-state index is 0.0152. The third-order valence-corrected chi connectivity index (χ3v) is 6.92. The van der Waals surface area contributed by atoms with Gasteiger partial charge >= 0.3 is 0 Å². The second kappa shape index (κ2) is 9.74. The van der Waals surface area contributed by atoms with E-state index in [9.17, 15) is 13.2 Å². The minimum atomic E-state index is -4.08. The Hall–Kier alpha value is -3.52. The Labute approximate surface area is 188 Å². The molecule has 3 aromatic carbocycles. The Kier molecular flexibility index (Phi) is 7.05. The molecule has 0 saturated carbocycles. The second-order valence-corrected chi connectivity index (χ2v) is 9.02. The zero-order chi connectivity index (χ0) is 23.3. The summed E-state index contributed by atoms with van der Waals surface area (Å²) in [5.41, 5.74) is 2.97. The quantitative estimate of drug-likeness (QED) is 0.553. The smallest absolute Gasteiger partial charge is 0.264 e. The van der Waals surface area contributed by atoms with E-state index >= 15 is 0 Å². The number of sulfonamides is 1. The molecule has 0 bridgehead atoms. The van der Waals surface area contributed by atoms with Crippen molar-refractivity contribution in [2.24, 2.45) is 0 Å². The number of ether oxygens (including phenoxy) is 2. The van der Waals surface area contributed by atoms with Crippen LogP contribution in [0.4, 0.5) is 11.4 Å². The summed E-state index contributed by atoms with van der Waals surface area (Å²) in [6, 6.07) is 18.4. The number of methoxy groups -OCH3 is 2. The predicted octanol–water partition coefficient (Wildman–Crippen LogP) is 4.15. The molecule has 0 aliphatic heterocycles. The standard InChI is InChI=1S/C24H26N2O5S/c1-17-9-8-12-21(18(17)2)25-24(27)16-26(19-10-6-5-7-11-19)32(28,29)20-13-14-22(30-3)23(15-20)31-4/h5-15H,16H2,1-4H3,(H,25,27). The van der Waals surface area contributed by atoms with Gasteiger partial charge in [-0.25, -0.2) is 8.42 Å². The molecule has 0 fully saturated rings. The first-order chi connectivity index (χ1) is 15.3. The van der Waals surface area contributed by atoms with Crippen LogP contribution in [0.25, 0.3) is 0 Å².